The van der Waals surface area contributed by atoms with Crippen LogP contribution < -0.4 is 0 Å². The van der Waals surface area contributed by atoms with E-state index in [4.69, 9.17) is 0 Å². The number of hydrogen-bond acceptors (Lipinski definition) is 0. The Bertz CT molecular complexity index is 1550. The topological polar surface area (TPSA) is 0 Å². The molecule has 0 saturated carbocycles. The maximum atomic E-state index is 2.57. The van der Waals surface area contributed by atoms with Crippen molar-refractivity contribution < 1.29 is 20.0 Å². The molecule has 222 valence electrons. The van der Waals surface area contributed by atoms with Crippen LogP contribution in [-0.2, 0) is 32.8 Å². The normalized spacial score (nSPS) is 19.0. The fraction of sp³-hybridized carbons (Fsp3) is 0.300. The van der Waals surface area contributed by atoms with Gasteiger partial charge in [0.1, 0.15) is 0 Å². The molecule has 2 aliphatic carbocycles. The second-order valence-electron chi connectivity index (χ2n) is 12.9. The van der Waals surface area contributed by atoms with Gasteiger partial charge in [0.2, 0.25) is 0 Å². The van der Waals surface area contributed by atoms with Gasteiger partial charge in [-0.25, -0.2) is 0 Å². The van der Waals surface area contributed by atoms with Crippen LogP contribution >= 0.6 is 24.8 Å². The number of benzene rings is 4. The van der Waals surface area contributed by atoms with E-state index in [1.54, 1.807) is 22.3 Å². The van der Waals surface area contributed by atoms with Gasteiger partial charge in [-0.05, 0) is 0 Å². The zero-order valence-electron chi connectivity index (χ0n) is 26.0. The molecule has 1 fully saturated rings. The molecule has 0 radical (unpaired) electrons. The molecular weight excluding hydrogens is 730 g/mol. The Morgan fingerprint density at radius 2 is 0.953 bits per heavy atom. The van der Waals surface area contributed by atoms with Gasteiger partial charge in [-0.15, -0.1) is 24.8 Å². The average molecular weight is 774 g/mol. The van der Waals surface area contributed by atoms with E-state index in [0.717, 1.165) is 12.8 Å². The number of halogens is 2. The molecule has 1 heterocycles. The first-order valence-corrected chi connectivity index (χ1v) is 25.1. The molecule has 3 aliphatic rings. The van der Waals surface area contributed by atoms with Crippen LogP contribution in [0.2, 0.25) is 8.35 Å². The van der Waals surface area contributed by atoms with Crippen molar-refractivity contribution in [3.05, 3.63) is 129 Å². The van der Waals surface area contributed by atoms with Gasteiger partial charge >= 0.3 is 253 Å². The van der Waals surface area contributed by atoms with Crippen LogP contribution in [0.25, 0.3) is 34.4 Å². The van der Waals surface area contributed by atoms with E-state index in [9.17, 15) is 0 Å². The average Bonchev–Trinajstić information content (AvgIpc) is 3.56. The summed E-state index contributed by atoms with van der Waals surface area (Å²) in [5.41, 5.74) is 18.0. The fourth-order valence-electron chi connectivity index (χ4n) is 8.30. The molecule has 0 aromatic heterocycles. The van der Waals surface area contributed by atoms with E-state index in [0.29, 0.717) is 7.35 Å². The van der Waals surface area contributed by atoms with Gasteiger partial charge in [-0.2, -0.15) is 0 Å². The second-order valence-corrected chi connectivity index (χ2v) is 29.5. The third kappa shape index (κ3) is 5.60. The van der Waals surface area contributed by atoms with Crippen LogP contribution in [0.15, 0.2) is 96.1 Å². The minimum atomic E-state index is -2.78. The Hall–Kier alpha value is -2.19. The van der Waals surface area contributed by atoms with Crippen molar-refractivity contribution in [3.63, 3.8) is 0 Å². The molecule has 0 amide bonds. The first-order chi connectivity index (χ1) is 20.0. The predicted molar refractivity (Wildman–Crippen MR) is 189 cm³/mol. The SMILES string of the molecule is CCCc1ccc(-c2cccc3c2C=C(C)[CH]3[Hf]2([CH]3C(C)=Cc4c(-c5ccc(CCC)cc5)cccc43)[CH2][CH2]2)cc1.Cl.Cl. The summed E-state index contributed by atoms with van der Waals surface area (Å²) in [7, 11) is 0. The van der Waals surface area contributed by atoms with E-state index in [1.165, 1.54) is 65.7 Å². The van der Waals surface area contributed by atoms with Crippen LogP contribution in [0, 0.1) is 0 Å². The maximum absolute atomic E-state index is 2.78. The van der Waals surface area contributed by atoms with Crippen molar-refractivity contribution in [2.75, 3.05) is 0 Å². The first-order valence-electron chi connectivity index (χ1n) is 15.8. The number of rotatable bonds is 8. The molecule has 0 bridgehead atoms. The Kier molecular flexibility index (Phi) is 9.77. The van der Waals surface area contributed by atoms with E-state index < -0.39 is 20.0 Å². The molecule has 2 atom stereocenters. The molecule has 0 nitrogen and oxygen atoms in total. The molecule has 0 spiro atoms. The van der Waals surface area contributed by atoms with Crippen molar-refractivity contribution in [1.29, 1.82) is 0 Å². The Morgan fingerprint density at radius 3 is 1.30 bits per heavy atom. The number of aryl methyl sites for hydroxylation is 2. The van der Waals surface area contributed by atoms with E-state index in [-0.39, 0.29) is 24.8 Å². The largest absolute Gasteiger partial charge is 0.147 e. The van der Waals surface area contributed by atoms with Crippen LogP contribution in [0.3, 0.4) is 0 Å². The molecule has 43 heavy (non-hydrogen) atoms. The molecule has 4 aromatic carbocycles. The van der Waals surface area contributed by atoms with Crippen molar-refractivity contribution in [2.45, 2.75) is 69.1 Å². The Morgan fingerprint density at radius 1 is 0.558 bits per heavy atom. The molecular formula is C40H44Cl2Hf. The predicted octanol–water partition coefficient (Wildman–Crippen LogP) is 12.4. The summed E-state index contributed by atoms with van der Waals surface area (Å²) in [5.74, 6) is 0. The minimum absolute atomic E-state index is 0. The zero-order chi connectivity index (χ0) is 28.1. The number of hydrogen-bond donors (Lipinski definition) is 0. The Balaban J connectivity index is 0.00000184. The summed E-state index contributed by atoms with van der Waals surface area (Å²) in [6.07, 6.45) is 9.85. The van der Waals surface area contributed by atoms with Gasteiger partial charge in [-0.1, -0.05) is 0 Å². The molecule has 1 saturated heterocycles. The summed E-state index contributed by atoms with van der Waals surface area (Å²) < 4.78 is 4.44. The second kappa shape index (κ2) is 13.0. The molecule has 7 rings (SSSR count). The molecule has 2 unspecified atom stereocenters. The van der Waals surface area contributed by atoms with Gasteiger partial charge in [0.15, 0.2) is 0 Å². The van der Waals surface area contributed by atoms with E-state index in [2.05, 4.69) is 125 Å². The standard InChI is InChI=1S/2C19H19.C2H4.2ClH.Hf/c2*1-3-5-15-8-10-16(11-9-15)18-7-4-6-17-12-14(2)13-19(17)18;1-2;;;/h2*4,6-13H,3,5H2,1-2H3;1-2H2;2*1H;. The number of fused-ring (bicyclic) bond motifs is 2. The van der Waals surface area contributed by atoms with E-state index in [1.807, 2.05) is 0 Å². The molecule has 1 aliphatic heterocycles. The minimum Gasteiger partial charge on any atom is -0.147 e. The summed E-state index contributed by atoms with van der Waals surface area (Å²) in [5, 5.41) is 0. The summed E-state index contributed by atoms with van der Waals surface area (Å²) >= 11 is -2.78. The zero-order valence-corrected chi connectivity index (χ0v) is 31.2. The maximum Gasteiger partial charge on any atom is -0.147 e. The fourth-order valence-corrected chi connectivity index (χ4v) is 36.5. The van der Waals surface area contributed by atoms with Gasteiger partial charge in [0, 0.05) is 0 Å². The molecule has 3 heteroatoms. The quantitative estimate of drug-likeness (QED) is 0.156. The summed E-state index contributed by atoms with van der Waals surface area (Å²) in [4.78, 5) is 0. The van der Waals surface area contributed by atoms with Gasteiger partial charge in [-0.3, -0.25) is 0 Å². The first kappa shape index (κ1) is 32.2. The third-order valence-corrected chi connectivity index (χ3v) is 29.9. The third-order valence-electron chi connectivity index (χ3n) is 10.1. The van der Waals surface area contributed by atoms with Gasteiger partial charge in [0.05, 0.1) is 0 Å². The van der Waals surface area contributed by atoms with Crippen molar-refractivity contribution >= 4 is 37.0 Å². The van der Waals surface area contributed by atoms with Gasteiger partial charge < -0.3 is 0 Å². The van der Waals surface area contributed by atoms with Crippen LogP contribution in [0.4, 0.5) is 0 Å². The van der Waals surface area contributed by atoms with Crippen molar-refractivity contribution in [3.8, 4) is 22.3 Å². The van der Waals surface area contributed by atoms with Gasteiger partial charge in [0.25, 0.3) is 0 Å². The monoisotopic (exact) mass is 774 g/mol. The number of allylic oxidation sites excluding steroid dienone is 2. The Labute approximate surface area is 275 Å². The van der Waals surface area contributed by atoms with E-state index >= 15 is 0 Å². The van der Waals surface area contributed by atoms with Crippen LogP contribution in [-0.4, -0.2) is 0 Å². The smallest absolute Gasteiger partial charge is 0.147 e. The van der Waals surface area contributed by atoms with Crippen molar-refractivity contribution in [2.24, 2.45) is 0 Å². The van der Waals surface area contributed by atoms with Crippen LogP contribution in [0.1, 0.15) is 81.3 Å². The molecule has 4 aromatic rings. The van der Waals surface area contributed by atoms with Crippen LogP contribution in [0.5, 0.6) is 0 Å². The molecule has 0 N–H and O–H groups in total. The summed E-state index contributed by atoms with van der Waals surface area (Å²) in [6.45, 7) is 9.41. The van der Waals surface area contributed by atoms with Crippen molar-refractivity contribution in [1.82, 2.24) is 0 Å². The summed E-state index contributed by atoms with van der Waals surface area (Å²) in [6, 6.07) is 33.1.